The summed E-state index contributed by atoms with van der Waals surface area (Å²) in [6, 6.07) is 7.23. The van der Waals surface area contributed by atoms with Crippen LogP contribution in [0, 0.1) is 5.41 Å². The predicted octanol–water partition coefficient (Wildman–Crippen LogP) is 3.79. The van der Waals surface area contributed by atoms with E-state index in [1.165, 1.54) is 25.7 Å². The highest BCUT2D eigenvalue weighted by molar-refractivity contribution is 5.88. The molecule has 1 aromatic rings. The average molecular weight is 261 g/mol. The summed E-state index contributed by atoms with van der Waals surface area (Å²) in [5.41, 5.74) is 2.00. The van der Waals surface area contributed by atoms with E-state index in [2.05, 4.69) is 18.7 Å². The van der Waals surface area contributed by atoms with Crippen LogP contribution in [0.15, 0.2) is 24.3 Å². The summed E-state index contributed by atoms with van der Waals surface area (Å²) < 4.78 is 0. The maximum absolute atomic E-state index is 10.8. The highest BCUT2D eigenvalue weighted by atomic mass is 16.4. The van der Waals surface area contributed by atoms with Crippen molar-refractivity contribution in [3.05, 3.63) is 29.8 Å². The number of anilines is 1. The van der Waals surface area contributed by atoms with Gasteiger partial charge in [0.1, 0.15) is 0 Å². The molecule has 0 aromatic heterocycles. The highest BCUT2D eigenvalue weighted by Gasteiger charge is 2.41. The number of hydrogen-bond donors (Lipinski definition) is 1. The molecule has 0 radical (unpaired) electrons. The van der Waals surface area contributed by atoms with Crippen molar-refractivity contribution in [3.8, 4) is 0 Å². The molecule has 0 atom stereocenters. The Kier molecular flexibility index (Phi) is 4.13. The largest absolute Gasteiger partial charge is 0.478 e. The van der Waals surface area contributed by atoms with E-state index >= 15 is 0 Å². The van der Waals surface area contributed by atoms with Crippen LogP contribution in [0.2, 0.25) is 0 Å². The summed E-state index contributed by atoms with van der Waals surface area (Å²) in [4.78, 5) is 13.2. The van der Waals surface area contributed by atoms with Gasteiger partial charge in [-0.05, 0) is 37.1 Å². The molecule has 0 aliphatic carbocycles. The molecule has 1 aromatic carbocycles. The quantitative estimate of drug-likeness (QED) is 0.847. The minimum atomic E-state index is -0.860. The van der Waals surface area contributed by atoms with E-state index in [0.717, 1.165) is 18.8 Å². The molecule has 19 heavy (non-hydrogen) atoms. The fraction of sp³-hybridized carbons (Fsp3) is 0.562. The Balaban J connectivity index is 2.00. The van der Waals surface area contributed by atoms with Gasteiger partial charge in [0.05, 0.1) is 5.56 Å². The lowest BCUT2D eigenvalue weighted by molar-refractivity contribution is 0.0697. The average Bonchev–Trinajstić information content (AvgIpc) is 2.36. The Bertz CT molecular complexity index is 425. The second kappa shape index (κ2) is 5.64. The van der Waals surface area contributed by atoms with Gasteiger partial charge in [-0.3, -0.25) is 0 Å². The van der Waals surface area contributed by atoms with E-state index in [0.29, 0.717) is 11.0 Å². The zero-order valence-corrected chi connectivity index (χ0v) is 11.9. The van der Waals surface area contributed by atoms with Crippen molar-refractivity contribution >= 4 is 11.7 Å². The highest BCUT2D eigenvalue weighted by Crippen LogP contribution is 2.41. The van der Waals surface area contributed by atoms with Gasteiger partial charge in [-0.25, -0.2) is 4.79 Å². The lowest BCUT2D eigenvalue weighted by Crippen LogP contribution is -2.56. The Morgan fingerprint density at radius 2 is 1.68 bits per heavy atom. The topological polar surface area (TPSA) is 40.5 Å². The number of nitrogens with zero attached hydrogens (tertiary/aromatic N) is 1. The zero-order chi connectivity index (χ0) is 13.9. The summed E-state index contributed by atoms with van der Waals surface area (Å²) >= 11 is 0. The molecule has 1 aliphatic heterocycles. The van der Waals surface area contributed by atoms with Gasteiger partial charge in [0.25, 0.3) is 0 Å². The Morgan fingerprint density at radius 3 is 2.11 bits per heavy atom. The summed E-state index contributed by atoms with van der Waals surface area (Å²) in [6.07, 6.45) is 5.08. The number of carboxylic acids is 1. The first-order chi connectivity index (χ1) is 9.10. The van der Waals surface area contributed by atoms with Crippen LogP contribution < -0.4 is 4.90 Å². The van der Waals surface area contributed by atoms with Crippen molar-refractivity contribution in [3.63, 3.8) is 0 Å². The van der Waals surface area contributed by atoms with E-state index in [1.807, 2.05) is 12.1 Å². The standard InChI is InChI=1S/C16H23NO2/c1-3-9-16(10-4-2)11-17(12-16)14-7-5-13(6-8-14)15(18)19/h5-8H,3-4,9-12H2,1-2H3,(H,18,19). The number of rotatable bonds is 6. The number of carboxylic acid groups (broad SMARTS) is 1. The van der Waals surface area contributed by atoms with Crippen molar-refractivity contribution in [2.24, 2.45) is 5.41 Å². The fourth-order valence-corrected chi connectivity index (χ4v) is 3.26. The van der Waals surface area contributed by atoms with Crippen LogP contribution in [0.3, 0.4) is 0 Å². The van der Waals surface area contributed by atoms with Gasteiger partial charge >= 0.3 is 5.97 Å². The van der Waals surface area contributed by atoms with Crippen LogP contribution in [0.4, 0.5) is 5.69 Å². The summed E-state index contributed by atoms with van der Waals surface area (Å²) in [6.45, 7) is 6.73. The summed E-state index contributed by atoms with van der Waals surface area (Å²) in [5.74, 6) is -0.860. The zero-order valence-electron chi connectivity index (χ0n) is 11.9. The van der Waals surface area contributed by atoms with Crippen molar-refractivity contribution in [2.45, 2.75) is 39.5 Å². The first kappa shape index (κ1) is 13.9. The number of hydrogen-bond acceptors (Lipinski definition) is 2. The molecule has 0 unspecified atom stereocenters. The Hall–Kier alpha value is -1.51. The lowest BCUT2D eigenvalue weighted by Gasteiger charge is -2.52. The molecular formula is C16H23NO2. The third-order valence-corrected chi connectivity index (χ3v) is 4.09. The molecule has 0 spiro atoms. The Labute approximate surface area is 115 Å². The molecule has 0 saturated carbocycles. The SMILES string of the molecule is CCCC1(CCC)CN(c2ccc(C(=O)O)cc2)C1. The number of aromatic carboxylic acids is 1. The molecule has 1 aliphatic rings. The van der Waals surface area contributed by atoms with Crippen molar-refractivity contribution in [1.29, 1.82) is 0 Å². The van der Waals surface area contributed by atoms with Crippen LogP contribution in [0.5, 0.6) is 0 Å². The number of benzene rings is 1. The number of carbonyl (C=O) groups is 1. The first-order valence-corrected chi connectivity index (χ1v) is 7.18. The maximum atomic E-state index is 10.8. The second-order valence-corrected chi connectivity index (χ2v) is 5.71. The molecular weight excluding hydrogens is 238 g/mol. The third-order valence-electron chi connectivity index (χ3n) is 4.09. The van der Waals surface area contributed by atoms with Crippen molar-refractivity contribution in [2.75, 3.05) is 18.0 Å². The van der Waals surface area contributed by atoms with Crippen LogP contribution >= 0.6 is 0 Å². The molecule has 0 bridgehead atoms. The molecule has 1 N–H and O–H groups in total. The molecule has 1 heterocycles. The van der Waals surface area contributed by atoms with Crippen molar-refractivity contribution in [1.82, 2.24) is 0 Å². The Morgan fingerprint density at radius 1 is 1.16 bits per heavy atom. The van der Waals surface area contributed by atoms with Gasteiger partial charge in [0.2, 0.25) is 0 Å². The summed E-state index contributed by atoms with van der Waals surface area (Å²) in [7, 11) is 0. The minimum Gasteiger partial charge on any atom is -0.478 e. The van der Waals surface area contributed by atoms with Gasteiger partial charge in [0, 0.05) is 24.2 Å². The van der Waals surface area contributed by atoms with Crippen LogP contribution in [-0.4, -0.2) is 24.2 Å². The van der Waals surface area contributed by atoms with Gasteiger partial charge < -0.3 is 10.0 Å². The molecule has 3 heteroatoms. The molecule has 104 valence electrons. The normalized spacial score (nSPS) is 17.1. The third kappa shape index (κ3) is 2.91. The van der Waals surface area contributed by atoms with Crippen LogP contribution in [0.25, 0.3) is 0 Å². The summed E-state index contributed by atoms with van der Waals surface area (Å²) in [5, 5.41) is 8.89. The smallest absolute Gasteiger partial charge is 0.335 e. The van der Waals surface area contributed by atoms with E-state index in [1.54, 1.807) is 12.1 Å². The fourth-order valence-electron chi connectivity index (χ4n) is 3.26. The van der Waals surface area contributed by atoms with E-state index < -0.39 is 5.97 Å². The molecule has 3 nitrogen and oxygen atoms in total. The maximum Gasteiger partial charge on any atom is 0.335 e. The van der Waals surface area contributed by atoms with E-state index in [9.17, 15) is 4.79 Å². The monoisotopic (exact) mass is 261 g/mol. The molecule has 1 fully saturated rings. The van der Waals surface area contributed by atoms with Gasteiger partial charge in [-0.1, -0.05) is 26.7 Å². The van der Waals surface area contributed by atoms with Crippen LogP contribution in [-0.2, 0) is 0 Å². The second-order valence-electron chi connectivity index (χ2n) is 5.71. The molecule has 2 rings (SSSR count). The lowest BCUT2D eigenvalue weighted by atomic mass is 9.72. The predicted molar refractivity (Wildman–Crippen MR) is 77.9 cm³/mol. The van der Waals surface area contributed by atoms with E-state index in [-0.39, 0.29) is 0 Å². The van der Waals surface area contributed by atoms with E-state index in [4.69, 9.17) is 5.11 Å². The molecule has 1 saturated heterocycles. The minimum absolute atomic E-state index is 0.359. The molecule has 0 amide bonds. The first-order valence-electron chi connectivity index (χ1n) is 7.18. The van der Waals surface area contributed by atoms with Gasteiger partial charge in [0.15, 0.2) is 0 Å². The van der Waals surface area contributed by atoms with Gasteiger partial charge in [-0.2, -0.15) is 0 Å². The van der Waals surface area contributed by atoms with Crippen molar-refractivity contribution < 1.29 is 9.90 Å². The van der Waals surface area contributed by atoms with Crippen LogP contribution in [0.1, 0.15) is 49.9 Å². The van der Waals surface area contributed by atoms with Gasteiger partial charge in [-0.15, -0.1) is 0 Å².